The molecule has 3 N–H and O–H groups in total. The molecule has 11 nitrogen and oxygen atoms in total. The zero-order valence-electron chi connectivity index (χ0n) is 24.8. The predicted octanol–water partition coefficient (Wildman–Crippen LogP) is 5.02. The van der Waals surface area contributed by atoms with Crippen molar-refractivity contribution in [2.75, 3.05) is 43.4 Å². The molecule has 0 saturated carbocycles. The molecule has 45 heavy (non-hydrogen) atoms. The number of hydrogen-bond acceptors (Lipinski definition) is 10. The van der Waals surface area contributed by atoms with Gasteiger partial charge >= 0.3 is 0 Å². The van der Waals surface area contributed by atoms with E-state index in [-0.39, 0.29) is 34.2 Å². The van der Waals surface area contributed by atoms with Gasteiger partial charge in [0.05, 0.1) is 45.8 Å². The third-order valence-corrected chi connectivity index (χ3v) is 8.71. The Kier molecular flexibility index (Phi) is 7.38. The number of Topliss-reactive ketones (excluding diaryl/α,β-unsaturated/α-hetero) is 1. The number of nitro groups is 1. The van der Waals surface area contributed by atoms with Crippen LogP contribution in [0.2, 0.25) is 0 Å². The number of aliphatic imine (C=N–C) groups is 1. The number of carbonyl (C=O) groups is 1. The first kappa shape index (κ1) is 28.5. The van der Waals surface area contributed by atoms with E-state index in [1.165, 1.54) is 12.1 Å². The summed E-state index contributed by atoms with van der Waals surface area (Å²) in [6.45, 7) is 3.05. The Balaban J connectivity index is 0.958. The van der Waals surface area contributed by atoms with Crippen LogP contribution in [0.3, 0.4) is 0 Å². The molecule has 7 rings (SSSR count). The highest BCUT2D eigenvalue weighted by Crippen LogP contribution is 2.41. The second kappa shape index (κ2) is 11.7. The number of pyridine rings is 1. The summed E-state index contributed by atoms with van der Waals surface area (Å²) in [5.74, 6) is -0.00840. The van der Waals surface area contributed by atoms with Crippen LogP contribution in [0.1, 0.15) is 23.2 Å². The summed E-state index contributed by atoms with van der Waals surface area (Å²) in [5, 5.41) is 30.2. The monoisotopic (exact) mass is 603 g/mol. The van der Waals surface area contributed by atoms with Gasteiger partial charge in [0.25, 0.3) is 5.69 Å². The standard InChI is InChI=1S/C34H33N7O4/c1-39(18-6-16-36-32-22-7-2-3-8-24(22)38-26-9-4-10-29(30(26)32)41(44)45)17-5-15-35-25-12-13-27-33-31(25)34(43)23-19-21(42)11-14-28(23)40(33)20-37-27/h2-4,7-14,19-20,27,33,35,42H,5-6,15-18H2,1H3,(H,36,38). The number of phenols is 1. The number of nitro benzene ring substituents is 1. The van der Waals surface area contributed by atoms with Crippen LogP contribution in [0, 0.1) is 10.1 Å². The van der Waals surface area contributed by atoms with E-state index in [2.05, 4.69) is 32.6 Å². The van der Waals surface area contributed by atoms with E-state index in [0.717, 1.165) is 53.9 Å². The van der Waals surface area contributed by atoms with Crippen LogP contribution in [-0.4, -0.2) is 77.3 Å². The summed E-state index contributed by atoms with van der Waals surface area (Å²) in [6.07, 6.45) is 7.50. The molecule has 3 heterocycles. The number of non-ortho nitro benzene ring substituents is 1. The van der Waals surface area contributed by atoms with Crippen molar-refractivity contribution in [2.45, 2.75) is 24.9 Å². The number of hydrogen-bond donors (Lipinski definition) is 3. The predicted molar refractivity (Wildman–Crippen MR) is 176 cm³/mol. The average Bonchev–Trinajstić information content (AvgIpc) is 3.47. The number of nitrogens with zero attached hydrogens (tertiary/aromatic N) is 5. The van der Waals surface area contributed by atoms with Crippen molar-refractivity contribution in [2.24, 2.45) is 4.99 Å². The highest BCUT2D eigenvalue weighted by atomic mass is 16.6. The lowest BCUT2D eigenvalue weighted by Crippen LogP contribution is -2.47. The molecule has 11 heteroatoms. The van der Waals surface area contributed by atoms with Crippen molar-refractivity contribution in [3.05, 3.63) is 99.8 Å². The number of aromatic nitrogens is 1. The first-order chi connectivity index (χ1) is 21.9. The van der Waals surface area contributed by atoms with Gasteiger partial charge in [0.2, 0.25) is 0 Å². The SMILES string of the molecule is CN(CCCNC1=C2C(=O)c3cc(O)ccc3N3C=NC(C=C1)C23)CCCNc1c2ccccc2nc2cccc([N+](=O)[O-])c12. The van der Waals surface area contributed by atoms with E-state index >= 15 is 0 Å². The van der Waals surface area contributed by atoms with E-state index in [1.54, 1.807) is 24.5 Å². The minimum Gasteiger partial charge on any atom is -0.508 e. The van der Waals surface area contributed by atoms with E-state index in [0.29, 0.717) is 35.1 Å². The molecule has 0 bridgehead atoms. The van der Waals surface area contributed by atoms with E-state index in [9.17, 15) is 20.0 Å². The number of nitrogens with one attached hydrogen (secondary N) is 2. The fraction of sp³-hybridized carbons (Fsp3) is 0.265. The van der Waals surface area contributed by atoms with Crippen LogP contribution in [0.4, 0.5) is 17.1 Å². The highest BCUT2D eigenvalue weighted by molar-refractivity contribution is 6.19. The summed E-state index contributed by atoms with van der Waals surface area (Å²) in [4.78, 5) is 38.6. The topological polar surface area (TPSA) is 136 Å². The maximum atomic E-state index is 13.5. The largest absolute Gasteiger partial charge is 0.508 e. The normalized spacial score (nSPS) is 18.2. The summed E-state index contributed by atoms with van der Waals surface area (Å²) < 4.78 is 0. The van der Waals surface area contributed by atoms with Gasteiger partial charge in [-0.2, -0.15) is 0 Å². The second-order valence-electron chi connectivity index (χ2n) is 11.6. The average molecular weight is 604 g/mol. The molecule has 1 aliphatic carbocycles. The quantitative estimate of drug-likeness (QED) is 0.0934. The Bertz CT molecular complexity index is 1940. The van der Waals surface area contributed by atoms with Gasteiger partial charge in [-0.15, -0.1) is 0 Å². The molecular weight excluding hydrogens is 570 g/mol. The van der Waals surface area contributed by atoms with Gasteiger partial charge in [0.15, 0.2) is 5.78 Å². The van der Waals surface area contributed by atoms with Crippen molar-refractivity contribution >= 4 is 51.0 Å². The molecule has 0 spiro atoms. The Morgan fingerprint density at radius 1 is 1.02 bits per heavy atom. The highest BCUT2D eigenvalue weighted by Gasteiger charge is 2.45. The zero-order valence-corrected chi connectivity index (χ0v) is 24.8. The molecule has 2 atom stereocenters. The first-order valence-electron chi connectivity index (χ1n) is 15.1. The molecule has 2 aliphatic heterocycles. The van der Waals surface area contributed by atoms with Crippen LogP contribution < -0.4 is 15.5 Å². The number of allylic oxidation sites excluding steroid dienone is 1. The van der Waals surface area contributed by atoms with Crippen molar-refractivity contribution in [3.8, 4) is 5.75 Å². The Morgan fingerprint density at radius 2 is 1.80 bits per heavy atom. The number of anilines is 2. The zero-order chi connectivity index (χ0) is 31.1. The maximum absolute atomic E-state index is 13.5. The van der Waals surface area contributed by atoms with Crippen LogP contribution >= 0.6 is 0 Å². The number of carbonyl (C=O) groups excluding carboxylic acids is 1. The molecule has 0 saturated heterocycles. The summed E-state index contributed by atoms with van der Waals surface area (Å²) in [6, 6.07) is 17.3. The minimum absolute atomic E-state index is 0.0442. The van der Waals surface area contributed by atoms with Gasteiger partial charge in [-0.1, -0.05) is 30.3 Å². The molecule has 2 unspecified atom stereocenters. The second-order valence-corrected chi connectivity index (χ2v) is 11.6. The number of benzene rings is 3. The summed E-state index contributed by atoms with van der Waals surface area (Å²) in [7, 11) is 2.08. The Hall–Kier alpha value is -5.29. The Morgan fingerprint density at radius 3 is 2.62 bits per heavy atom. The van der Waals surface area contributed by atoms with Crippen LogP contribution in [0.15, 0.2) is 89.1 Å². The lowest BCUT2D eigenvalue weighted by Gasteiger charge is -2.37. The smallest absolute Gasteiger partial charge is 0.280 e. The van der Waals surface area contributed by atoms with Gasteiger partial charge < -0.3 is 25.5 Å². The van der Waals surface area contributed by atoms with Gasteiger partial charge in [-0.25, -0.2) is 4.98 Å². The number of aromatic hydroxyl groups is 1. The molecule has 0 radical (unpaired) electrons. The van der Waals surface area contributed by atoms with Crippen molar-refractivity contribution in [1.29, 1.82) is 0 Å². The van der Waals surface area contributed by atoms with Crippen LogP contribution in [0.25, 0.3) is 21.8 Å². The van der Waals surface area contributed by atoms with Crippen LogP contribution in [0.5, 0.6) is 5.75 Å². The molecule has 0 amide bonds. The van der Waals surface area contributed by atoms with Crippen molar-refractivity contribution in [3.63, 3.8) is 0 Å². The van der Waals surface area contributed by atoms with Gasteiger partial charge in [-0.05, 0) is 69.4 Å². The van der Waals surface area contributed by atoms with E-state index in [1.807, 2.05) is 47.4 Å². The molecule has 4 aromatic rings. The molecule has 228 valence electrons. The third-order valence-electron chi connectivity index (χ3n) is 8.71. The van der Waals surface area contributed by atoms with Gasteiger partial charge in [-0.3, -0.25) is 19.9 Å². The number of rotatable bonds is 11. The van der Waals surface area contributed by atoms with Gasteiger partial charge in [0.1, 0.15) is 11.1 Å². The number of ketones is 1. The van der Waals surface area contributed by atoms with Crippen molar-refractivity contribution < 1.29 is 14.8 Å². The van der Waals surface area contributed by atoms with Gasteiger partial charge in [0, 0.05) is 41.4 Å². The lowest BCUT2D eigenvalue weighted by molar-refractivity contribution is -0.383. The van der Waals surface area contributed by atoms with E-state index in [4.69, 9.17) is 0 Å². The third kappa shape index (κ3) is 5.14. The molecular formula is C34H33N7O4. The number of fused-ring (bicyclic) bond motifs is 4. The molecule has 3 aliphatic rings. The lowest BCUT2D eigenvalue weighted by atomic mass is 9.82. The Labute approximate surface area is 259 Å². The van der Waals surface area contributed by atoms with E-state index < -0.39 is 0 Å². The minimum atomic E-state index is -0.352. The molecule has 1 aromatic heterocycles. The molecule has 3 aromatic carbocycles. The molecule has 0 fully saturated rings. The maximum Gasteiger partial charge on any atom is 0.280 e. The number of para-hydroxylation sites is 1. The fourth-order valence-corrected chi connectivity index (χ4v) is 6.58. The van der Waals surface area contributed by atoms with Crippen LogP contribution in [-0.2, 0) is 0 Å². The summed E-state index contributed by atoms with van der Waals surface area (Å²) >= 11 is 0. The fourth-order valence-electron chi connectivity index (χ4n) is 6.58. The van der Waals surface area contributed by atoms with Crippen molar-refractivity contribution in [1.82, 2.24) is 15.2 Å². The number of phenolic OH excluding ortho intramolecular Hbond substituents is 1. The first-order valence-corrected chi connectivity index (χ1v) is 15.1. The summed E-state index contributed by atoms with van der Waals surface area (Å²) in [5.41, 5.74) is 4.93.